The van der Waals surface area contributed by atoms with E-state index in [1.807, 2.05) is 30.0 Å². The molecule has 2 bridgehead atoms. The maximum Gasteiger partial charge on any atom is 0.256 e. The third-order valence-corrected chi connectivity index (χ3v) is 7.44. The number of H-pyrrole nitrogens is 1. The highest BCUT2D eigenvalue weighted by atomic mass is 16.5. The Bertz CT molecular complexity index is 1330. The van der Waals surface area contributed by atoms with E-state index in [0.717, 1.165) is 47.6 Å². The number of aryl methyl sites for hydroxylation is 1. The predicted octanol–water partition coefficient (Wildman–Crippen LogP) is 3.64. The molecule has 5 heterocycles. The van der Waals surface area contributed by atoms with Crippen LogP contribution in [0.4, 0.5) is 23.1 Å². The highest BCUT2D eigenvalue weighted by Crippen LogP contribution is 2.37. The quantitative estimate of drug-likeness (QED) is 0.441. The molecular formula is C27H31N7O3. The number of benzene rings is 1. The largest absolute Gasteiger partial charge is 0.377 e. The molecule has 6 rings (SSSR count). The lowest BCUT2D eigenvalue weighted by atomic mass is 9.97. The van der Waals surface area contributed by atoms with Crippen LogP contribution in [-0.4, -0.2) is 71.9 Å². The first kappa shape index (κ1) is 23.6. The average molecular weight is 502 g/mol. The van der Waals surface area contributed by atoms with E-state index in [1.165, 1.54) is 6.21 Å². The number of nitrogens with one attached hydrogen (secondary N) is 3. The Labute approximate surface area is 215 Å². The summed E-state index contributed by atoms with van der Waals surface area (Å²) in [7, 11) is 0. The van der Waals surface area contributed by atoms with E-state index in [-0.39, 0.29) is 24.2 Å². The van der Waals surface area contributed by atoms with Crippen molar-refractivity contribution >= 4 is 35.3 Å². The molecular weight excluding hydrogens is 470 g/mol. The second-order valence-corrected chi connectivity index (χ2v) is 9.92. The summed E-state index contributed by atoms with van der Waals surface area (Å²) in [5, 5.41) is 18.5. The normalized spacial score (nSPS) is 23.4. The number of aromatic amines is 1. The number of ether oxygens (including phenoxy) is 2. The number of aromatic nitrogens is 3. The van der Waals surface area contributed by atoms with Crippen LogP contribution in [0.3, 0.4) is 0 Å². The number of hydrogen-bond donors (Lipinski definition) is 3. The number of anilines is 4. The van der Waals surface area contributed by atoms with Gasteiger partial charge >= 0.3 is 0 Å². The van der Waals surface area contributed by atoms with E-state index in [0.29, 0.717) is 37.0 Å². The zero-order valence-electron chi connectivity index (χ0n) is 21.0. The van der Waals surface area contributed by atoms with Crippen molar-refractivity contribution in [3.63, 3.8) is 0 Å². The highest BCUT2D eigenvalue weighted by molar-refractivity contribution is 6.00. The molecule has 0 spiro atoms. The first-order chi connectivity index (χ1) is 18.0. The van der Waals surface area contributed by atoms with Gasteiger partial charge in [0.1, 0.15) is 23.6 Å². The van der Waals surface area contributed by atoms with E-state index in [1.54, 1.807) is 6.20 Å². The minimum absolute atomic E-state index is 0.0447. The summed E-state index contributed by atoms with van der Waals surface area (Å²) in [5.74, 6) is 2.14. The molecule has 1 aromatic carbocycles. The van der Waals surface area contributed by atoms with Crippen molar-refractivity contribution in [3.05, 3.63) is 47.7 Å². The number of fused-ring (bicyclic) bond motifs is 2. The zero-order valence-corrected chi connectivity index (χ0v) is 21.0. The van der Waals surface area contributed by atoms with Crippen LogP contribution in [0, 0.1) is 12.3 Å². The van der Waals surface area contributed by atoms with Gasteiger partial charge in [0.2, 0.25) is 0 Å². The molecule has 3 aliphatic heterocycles. The van der Waals surface area contributed by atoms with E-state index in [4.69, 9.17) is 19.9 Å². The summed E-state index contributed by atoms with van der Waals surface area (Å²) in [6.07, 6.45) is 4.52. The van der Waals surface area contributed by atoms with Gasteiger partial charge in [0, 0.05) is 30.1 Å². The van der Waals surface area contributed by atoms with Crippen molar-refractivity contribution in [2.75, 3.05) is 41.4 Å². The van der Waals surface area contributed by atoms with Gasteiger partial charge in [0.05, 0.1) is 38.1 Å². The molecule has 0 aliphatic carbocycles. The molecule has 1 amide bonds. The SMILES string of the molecule is Cc1cc(-c2cc(N3CCOC[C@H]3C)nc(Nc3ccn[nH]3)c2C=N)ccc1N1CC2CCC(O2)C1=O. The average Bonchev–Trinajstić information content (AvgIpc) is 3.56. The monoisotopic (exact) mass is 501 g/mol. The summed E-state index contributed by atoms with van der Waals surface area (Å²) in [4.78, 5) is 22.0. The number of morpholine rings is 2. The van der Waals surface area contributed by atoms with Crippen LogP contribution in [0.2, 0.25) is 0 Å². The van der Waals surface area contributed by atoms with Gasteiger partial charge in [0.15, 0.2) is 0 Å². The number of nitrogens with zero attached hydrogens (tertiary/aromatic N) is 4. The first-order valence-corrected chi connectivity index (χ1v) is 12.8. The maximum atomic E-state index is 13.0. The molecule has 10 nitrogen and oxygen atoms in total. The second-order valence-electron chi connectivity index (χ2n) is 9.92. The van der Waals surface area contributed by atoms with Gasteiger partial charge in [-0.15, -0.1) is 0 Å². The minimum atomic E-state index is -0.322. The van der Waals surface area contributed by atoms with Crippen LogP contribution < -0.4 is 15.1 Å². The van der Waals surface area contributed by atoms with Crippen LogP contribution in [0.1, 0.15) is 30.9 Å². The standard InChI is InChI=1S/C27H31N7O3/c1-16-11-18(3-5-22(16)34-14-19-4-6-23(37-19)27(34)35)20-12-25(33-9-10-36-15-17(33)2)31-26(21(20)13-28)30-24-7-8-29-32-24/h3,5,7-8,11-13,17,19,23,28H,4,6,9-10,14-15H2,1-2H3,(H2,29,30,31,32)/t17-,19?,23?/m1/s1. The highest BCUT2D eigenvalue weighted by Gasteiger charge is 2.41. The van der Waals surface area contributed by atoms with Crippen LogP contribution in [0.15, 0.2) is 36.5 Å². The van der Waals surface area contributed by atoms with E-state index < -0.39 is 0 Å². The van der Waals surface area contributed by atoms with Gasteiger partial charge < -0.3 is 30.0 Å². The van der Waals surface area contributed by atoms with Crippen molar-refractivity contribution in [1.82, 2.24) is 15.2 Å². The fraction of sp³-hybridized carbons (Fsp3) is 0.407. The Balaban J connectivity index is 1.42. The lowest BCUT2D eigenvalue weighted by Gasteiger charge is -2.35. The van der Waals surface area contributed by atoms with Gasteiger partial charge in [0.25, 0.3) is 5.91 Å². The molecule has 0 radical (unpaired) electrons. The van der Waals surface area contributed by atoms with Crippen LogP contribution in [0.25, 0.3) is 11.1 Å². The number of rotatable bonds is 6. The zero-order chi connectivity index (χ0) is 25.5. The van der Waals surface area contributed by atoms with Gasteiger partial charge in [-0.25, -0.2) is 4.98 Å². The molecule has 10 heteroatoms. The smallest absolute Gasteiger partial charge is 0.256 e. The number of amides is 1. The Morgan fingerprint density at radius 1 is 1.24 bits per heavy atom. The van der Waals surface area contributed by atoms with Crippen molar-refractivity contribution < 1.29 is 14.3 Å². The number of carbonyl (C=O) groups is 1. The fourth-order valence-electron chi connectivity index (χ4n) is 5.52. The Kier molecular flexibility index (Phi) is 6.13. The van der Waals surface area contributed by atoms with E-state index in [9.17, 15) is 4.79 Å². The van der Waals surface area contributed by atoms with Crippen molar-refractivity contribution in [2.45, 2.75) is 44.9 Å². The van der Waals surface area contributed by atoms with Crippen LogP contribution >= 0.6 is 0 Å². The van der Waals surface area contributed by atoms with Crippen molar-refractivity contribution in [2.24, 2.45) is 0 Å². The molecule has 3 aliphatic rings. The molecule has 192 valence electrons. The van der Waals surface area contributed by atoms with E-state index >= 15 is 0 Å². The van der Waals surface area contributed by atoms with Crippen molar-refractivity contribution in [1.29, 1.82) is 5.41 Å². The molecule has 2 unspecified atom stereocenters. The summed E-state index contributed by atoms with van der Waals surface area (Å²) >= 11 is 0. The van der Waals surface area contributed by atoms with Crippen LogP contribution in [0.5, 0.6) is 0 Å². The summed E-state index contributed by atoms with van der Waals surface area (Å²) in [6, 6.07) is 10.2. The number of carbonyl (C=O) groups excluding carboxylic acids is 1. The Hall–Kier alpha value is -3.76. The fourth-order valence-corrected chi connectivity index (χ4v) is 5.52. The van der Waals surface area contributed by atoms with Gasteiger partial charge in [-0.3, -0.25) is 9.89 Å². The second kappa shape index (κ2) is 9.60. The number of hydrogen-bond acceptors (Lipinski definition) is 8. The molecule has 3 atom stereocenters. The summed E-state index contributed by atoms with van der Waals surface area (Å²) < 4.78 is 11.5. The third-order valence-electron chi connectivity index (χ3n) is 7.44. The topological polar surface area (TPSA) is 119 Å². The maximum absolute atomic E-state index is 13.0. The van der Waals surface area contributed by atoms with Crippen molar-refractivity contribution in [3.8, 4) is 11.1 Å². The molecule has 2 aromatic heterocycles. The lowest BCUT2D eigenvalue weighted by molar-refractivity contribution is -0.133. The summed E-state index contributed by atoms with van der Waals surface area (Å²) in [5.41, 5.74) is 4.44. The summed E-state index contributed by atoms with van der Waals surface area (Å²) in [6.45, 7) is 6.76. The molecule has 37 heavy (non-hydrogen) atoms. The van der Waals surface area contributed by atoms with Crippen LogP contribution in [-0.2, 0) is 14.3 Å². The van der Waals surface area contributed by atoms with Gasteiger partial charge in [-0.05, 0) is 61.6 Å². The predicted molar refractivity (Wildman–Crippen MR) is 142 cm³/mol. The first-order valence-electron chi connectivity index (χ1n) is 12.8. The Morgan fingerprint density at radius 3 is 2.89 bits per heavy atom. The van der Waals surface area contributed by atoms with Gasteiger partial charge in [-0.2, -0.15) is 5.10 Å². The number of pyridine rings is 1. The molecule has 3 saturated heterocycles. The molecule has 3 N–H and O–H groups in total. The third kappa shape index (κ3) is 4.36. The van der Waals surface area contributed by atoms with E-state index in [2.05, 4.69) is 39.5 Å². The molecule has 0 saturated carbocycles. The molecule has 3 fully saturated rings. The minimum Gasteiger partial charge on any atom is -0.377 e. The Morgan fingerprint density at radius 2 is 2.14 bits per heavy atom. The lowest BCUT2D eigenvalue weighted by Crippen LogP contribution is -2.47. The molecule has 3 aromatic rings. The van der Waals surface area contributed by atoms with Gasteiger partial charge in [-0.1, -0.05) is 6.07 Å².